The summed E-state index contributed by atoms with van der Waals surface area (Å²) in [5.74, 6) is -0.582. The van der Waals surface area contributed by atoms with Crippen LogP contribution in [-0.4, -0.2) is 60.3 Å². The van der Waals surface area contributed by atoms with Gasteiger partial charge in [-0.3, -0.25) is 15.2 Å². The average molecular weight is 495 g/mol. The van der Waals surface area contributed by atoms with Crippen LogP contribution in [-0.2, 0) is 0 Å². The molecular weight excluding hydrogens is 459 g/mol. The number of hydrogen-bond acceptors (Lipinski definition) is 7. The summed E-state index contributed by atoms with van der Waals surface area (Å²) in [5, 5.41) is 20.6. The number of hydrazone groups is 1. The number of aliphatic hydroxyl groups is 1. The maximum atomic E-state index is 13.9. The molecule has 8 nitrogen and oxygen atoms in total. The van der Waals surface area contributed by atoms with E-state index < -0.39 is 0 Å². The van der Waals surface area contributed by atoms with Gasteiger partial charge in [-0.05, 0) is 63.5 Å². The molecular formula is C27H35FN6O2. The van der Waals surface area contributed by atoms with Gasteiger partial charge in [-0.25, -0.2) is 4.39 Å². The lowest BCUT2D eigenvalue weighted by atomic mass is 9.97. The number of aryl methyl sites for hydroxylation is 1. The number of nitrogens with one attached hydrogen (secondary N) is 2. The number of carbonyl (C=O) groups is 1. The number of amides is 1. The largest absolute Gasteiger partial charge is 0.404 e. The van der Waals surface area contributed by atoms with Crippen molar-refractivity contribution in [2.75, 3.05) is 25.1 Å². The molecule has 1 atom stereocenters. The van der Waals surface area contributed by atoms with Crippen molar-refractivity contribution in [2.45, 2.75) is 39.7 Å². The summed E-state index contributed by atoms with van der Waals surface area (Å²) in [6, 6.07) is 5.03. The van der Waals surface area contributed by atoms with Crippen molar-refractivity contribution in [3.8, 4) is 0 Å². The highest BCUT2D eigenvalue weighted by atomic mass is 19.1. The molecule has 0 aliphatic heterocycles. The number of benzene rings is 1. The van der Waals surface area contributed by atoms with Crippen molar-refractivity contribution in [3.05, 3.63) is 76.3 Å². The van der Waals surface area contributed by atoms with Crippen LogP contribution in [0.1, 0.15) is 42.6 Å². The fraction of sp³-hybridized carbons (Fsp3) is 0.333. The lowest BCUT2D eigenvalue weighted by Crippen LogP contribution is -2.42. The van der Waals surface area contributed by atoms with Gasteiger partial charge in [0.2, 0.25) is 0 Å². The van der Waals surface area contributed by atoms with Crippen molar-refractivity contribution >= 4 is 30.2 Å². The van der Waals surface area contributed by atoms with Crippen LogP contribution < -0.4 is 11.2 Å². The van der Waals surface area contributed by atoms with Crippen molar-refractivity contribution in [3.63, 3.8) is 0 Å². The molecule has 1 aromatic rings. The Labute approximate surface area is 212 Å². The van der Waals surface area contributed by atoms with E-state index in [2.05, 4.69) is 15.5 Å². The molecule has 192 valence electrons. The first kappa shape index (κ1) is 28.4. The van der Waals surface area contributed by atoms with Crippen LogP contribution in [0.4, 0.5) is 10.1 Å². The van der Waals surface area contributed by atoms with Crippen molar-refractivity contribution in [2.24, 2.45) is 15.8 Å². The number of anilines is 1. The minimum atomic E-state index is -0.327. The first-order chi connectivity index (χ1) is 17.3. The summed E-state index contributed by atoms with van der Waals surface area (Å²) in [6.45, 7) is 5.84. The van der Waals surface area contributed by atoms with Gasteiger partial charge in [0.25, 0.3) is 5.91 Å². The second-order valence-corrected chi connectivity index (χ2v) is 8.53. The van der Waals surface area contributed by atoms with Gasteiger partial charge in [0.1, 0.15) is 5.83 Å². The Bertz CT molecular complexity index is 1120. The molecule has 0 unspecified atom stereocenters. The van der Waals surface area contributed by atoms with Crippen LogP contribution in [0.15, 0.2) is 75.3 Å². The molecule has 2 rings (SSSR count). The number of aliphatic imine (C=N–C) groups is 1. The van der Waals surface area contributed by atoms with Gasteiger partial charge in [-0.1, -0.05) is 23.3 Å². The molecule has 0 saturated carbocycles. The van der Waals surface area contributed by atoms with Crippen molar-refractivity contribution in [1.29, 1.82) is 5.41 Å². The van der Waals surface area contributed by atoms with E-state index in [0.717, 1.165) is 22.9 Å². The number of rotatable bonds is 11. The predicted octanol–water partition coefficient (Wildman–Crippen LogP) is 4.30. The maximum absolute atomic E-state index is 13.9. The van der Waals surface area contributed by atoms with Crippen molar-refractivity contribution in [1.82, 2.24) is 4.90 Å². The van der Waals surface area contributed by atoms with E-state index in [1.165, 1.54) is 24.6 Å². The van der Waals surface area contributed by atoms with Crippen molar-refractivity contribution < 1.29 is 14.3 Å². The first-order valence-corrected chi connectivity index (χ1v) is 11.8. The minimum Gasteiger partial charge on any atom is -0.404 e. The smallest absolute Gasteiger partial charge is 0.256 e. The number of nitrogens with zero attached hydrogens (tertiary/aromatic N) is 3. The fourth-order valence-electron chi connectivity index (χ4n) is 3.69. The molecule has 1 aliphatic rings. The highest BCUT2D eigenvalue weighted by molar-refractivity contribution is 6.14. The van der Waals surface area contributed by atoms with Gasteiger partial charge >= 0.3 is 0 Å². The Morgan fingerprint density at radius 1 is 1.33 bits per heavy atom. The summed E-state index contributed by atoms with van der Waals surface area (Å²) < 4.78 is 13.9. The molecule has 5 N–H and O–H groups in total. The summed E-state index contributed by atoms with van der Waals surface area (Å²) in [5.41, 5.74) is 12.9. The molecule has 1 amide bonds. The number of allylic oxidation sites excluding steroid dienone is 7. The van der Waals surface area contributed by atoms with Gasteiger partial charge in [0.05, 0.1) is 30.6 Å². The minimum absolute atomic E-state index is 0.132. The molecule has 9 heteroatoms. The molecule has 0 heterocycles. The van der Waals surface area contributed by atoms with Gasteiger partial charge < -0.3 is 21.1 Å². The third-order valence-electron chi connectivity index (χ3n) is 5.64. The van der Waals surface area contributed by atoms with Gasteiger partial charge in [-0.15, -0.1) is 0 Å². The Kier molecular flexibility index (Phi) is 11.5. The highest BCUT2D eigenvalue weighted by Crippen LogP contribution is 2.23. The molecule has 0 spiro atoms. The van der Waals surface area contributed by atoms with E-state index in [-0.39, 0.29) is 37.5 Å². The van der Waals surface area contributed by atoms with Crippen LogP contribution in [0.3, 0.4) is 0 Å². The van der Waals surface area contributed by atoms with Crippen LogP contribution in [0.2, 0.25) is 0 Å². The summed E-state index contributed by atoms with van der Waals surface area (Å²) in [4.78, 5) is 19.5. The van der Waals surface area contributed by atoms with Crippen LogP contribution in [0, 0.1) is 12.3 Å². The van der Waals surface area contributed by atoms with E-state index in [1.54, 1.807) is 29.3 Å². The lowest BCUT2D eigenvalue weighted by Gasteiger charge is -2.28. The highest BCUT2D eigenvalue weighted by Gasteiger charge is 2.23. The van der Waals surface area contributed by atoms with E-state index in [4.69, 9.17) is 11.1 Å². The average Bonchev–Trinajstić information content (AvgIpc) is 2.85. The molecule has 0 radical (unpaired) electrons. The van der Waals surface area contributed by atoms with E-state index in [9.17, 15) is 14.3 Å². The Morgan fingerprint density at radius 3 is 2.81 bits per heavy atom. The second kappa shape index (κ2) is 14.5. The molecule has 0 saturated heterocycles. The zero-order valence-corrected chi connectivity index (χ0v) is 21.0. The standard InChI is InChI=1S/C27H35FN6O2/c1-19-4-6-22(7-8-24(28)14-19)23(16-30)18-31-17-21(3)34(12-13-35)27(36)25-15-20(2)5-9-26(25)33-32-11-10-29/h5,7-11,14-16,18,21,29,33,35H,4,6,12-13,17,30H2,1-3H3/b19-14+,22-7+,23-16?,24-8+,29-10?,31-18?,32-11-/t21-/m0/s1. The quantitative estimate of drug-likeness (QED) is 0.270. The van der Waals surface area contributed by atoms with E-state index in [1.807, 2.05) is 26.8 Å². The number of hydrogen-bond donors (Lipinski definition) is 4. The van der Waals surface area contributed by atoms with Crippen LogP contribution in [0.25, 0.3) is 0 Å². The molecule has 0 aromatic heterocycles. The zero-order valence-electron chi connectivity index (χ0n) is 21.0. The zero-order chi connectivity index (χ0) is 26.5. The molecule has 1 aliphatic carbocycles. The Morgan fingerprint density at radius 2 is 2.11 bits per heavy atom. The van der Waals surface area contributed by atoms with Crippen LogP contribution in [0.5, 0.6) is 0 Å². The third kappa shape index (κ3) is 8.42. The van der Waals surface area contributed by atoms with Crippen LogP contribution >= 0.6 is 0 Å². The molecule has 36 heavy (non-hydrogen) atoms. The summed E-state index contributed by atoms with van der Waals surface area (Å²) in [6.07, 6.45) is 11.5. The fourth-order valence-corrected chi connectivity index (χ4v) is 3.69. The number of nitrogens with two attached hydrogens (primary N) is 1. The first-order valence-electron chi connectivity index (χ1n) is 11.8. The van der Waals surface area contributed by atoms with E-state index in [0.29, 0.717) is 29.7 Å². The van der Waals surface area contributed by atoms with Gasteiger partial charge in [0.15, 0.2) is 0 Å². The Balaban J connectivity index is 2.20. The topological polar surface area (TPSA) is 127 Å². The monoisotopic (exact) mass is 494 g/mol. The van der Waals surface area contributed by atoms with E-state index >= 15 is 0 Å². The van der Waals surface area contributed by atoms with Gasteiger partial charge in [-0.2, -0.15) is 5.10 Å². The SMILES string of the molecule is C\C1=C/C(F)=C\C=C(\C(C=NC[C@H](C)N(CCO)C(=O)c2cc(C)ccc2N/N=C\C=N)=CN)CC1. The second-order valence-electron chi connectivity index (χ2n) is 8.53. The normalized spacial score (nSPS) is 19.9. The molecule has 0 bridgehead atoms. The third-order valence-corrected chi connectivity index (χ3v) is 5.64. The number of carbonyl (C=O) groups excluding carboxylic acids is 1. The molecule has 1 aromatic carbocycles. The maximum Gasteiger partial charge on any atom is 0.256 e. The summed E-state index contributed by atoms with van der Waals surface area (Å²) >= 11 is 0. The van der Waals surface area contributed by atoms with Gasteiger partial charge in [0, 0.05) is 36.8 Å². The Hall–Kier alpha value is -3.85. The molecule has 0 fully saturated rings. The predicted molar refractivity (Wildman–Crippen MR) is 146 cm³/mol. The summed E-state index contributed by atoms with van der Waals surface area (Å²) in [7, 11) is 0. The number of halogens is 1. The number of aliphatic hydroxyl groups excluding tert-OH is 1. The lowest BCUT2D eigenvalue weighted by molar-refractivity contribution is 0.0658.